The molecule has 1 aliphatic heterocycles. The molecule has 1 atom stereocenters. The number of carbonyl (C=O) groups is 2. The summed E-state index contributed by atoms with van der Waals surface area (Å²) in [4.78, 5) is 25.1. The normalized spacial score (nSPS) is 16.5. The summed E-state index contributed by atoms with van der Waals surface area (Å²) in [6.45, 7) is 1.62. The number of fused-ring (bicyclic) bond motifs is 1. The first-order chi connectivity index (χ1) is 9.29. The van der Waals surface area contributed by atoms with Gasteiger partial charge in [0.2, 0.25) is 0 Å². The lowest BCUT2D eigenvalue weighted by atomic mass is 10.0. The average molecular weight is 285 g/mol. The van der Waals surface area contributed by atoms with E-state index in [1.54, 1.807) is 31.2 Å². The zero-order chi connectivity index (χ0) is 14.9. The minimum atomic E-state index is -4.21. The van der Waals surface area contributed by atoms with Crippen LogP contribution in [-0.4, -0.2) is 29.4 Å². The third-order valence-corrected chi connectivity index (χ3v) is 3.29. The maximum absolute atomic E-state index is 12.2. The van der Waals surface area contributed by atoms with Gasteiger partial charge in [-0.05, 0) is 24.5 Å². The molecule has 0 fully saturated rings. The van der Waals surface area contributed by atoms with Gasteiger partial charge in [0, 0.05) is 13.0 Å². The van der Waals surface area contributed by atoms with Crippen LogP contribution in [0.1, 0.15) is 40.5 Å². The first-order valence-corrected chi connectivity index (χ1v) is 6.31. The van der Waals surface area contributed by atoms with Crippen LogP contribution in [0, 0.1) is 5.92 Å². The van der Waals surface area contributed by atoms with Gasteiger partial charge in [-0.2, -0.15) is 13.2 Å². The molecular formula is C14H14F3NO2. The van der Waals surface area contributed by atoms with Crippen LogP contribution in [0.15, 0.2) is 24.3 Å². The number of halogens is 3. The van der Waals surface area contributed by atoms with E-state index < -0.39 is 24.4 Å². The molecule has 0 N–H and O–H groups in total. The highest BCUT2D eigenvalue weighted by Crippen LogP contribution is 2.27. The zero-order valence-electron chi connectivity index (χ0n) is 10.9. The maximum Gasteiger partial charge on any atom is 0.389 e. The fourth-order valence-electron chi connectivity index (χ4n) is 2.22. The van der Waals surface area contributed by atoms with Gasteiger partial charge in [0.1, 0.15) is 0 Å². The molecule has 0 unspecified atom stereocenters. The van der Waals surface area contributed by atoms with Gasteiger partial charge in [0.05, 0.1) is 11.1 Å². The molecule has 1 aliphatic rings. The number of carbonyl (C=O) groups excluding carboxylic acids is 2. The molecule has 2 rings (SSSR count). The third kappa shape index (κ3) is 3.00. The summed E-state index contributed by atoms with van der Waals surface area (Å²) in [5, 5.41) is 0. The third-order valence-electron chi connectivity index (χ3n) is 3.29. The van der Waals surface area contributed by atoms with Crippen LogP contribution in [0.5, 0.6) is 0 Å². The van der Waals surface area contributed by atoms with E-state index in [9.17, 15) is 22.8 Å². The molecule has 1 heterocycles. The van der Waals surface area contributed by atoms with Crippen LogP contribution < -0.4 is 0 Å². The summed E-state index contributed by atoms with van der Waals surface area (Å²) in [5.74, 6) is -1.24. The molecule has 108 valence electrons. The summed E-state index contributed by atoms with van der Waals surface area (Å²) >= 11 is 0. The molecule has 20 heavy (non-hydrogen) atoms. The first kappa shape index (κ1) is 14.6. The SMILES string of the molecule is C[C@H](CCC(F)(F)F)CN1C(=O)c2ccccc2C1=O. The van der Waals surface area contributed by atoms with Crippen LogP contribution in [0.25, 0.3) is 0 Å². The predicted octanol–water partition coefficient (Wildman–Crippen LogP) is 3.26. The molecule has 1 aromatic rings. The van der Waals surface area contributed by atoms with Gasteiger partial charge in [0.15, 0.2) is 0 Å². The molecule has 0 aliphatic carbocycles. The number of benzene rings is 1. The second-order valence-corrected chi connectivity index (χ2v) is 5.03. The Bertz CT molecular complexity index is 504. The van der Waals surface area contributed by atoms with Gasteiger partial charge in [-0.15, -0.1) is 0 Å². The lowest BCUT2D eigenvalue weighted by Crippen LogP contribution is -2.34. The Morgan fingerprint density at radius 3 is 2.05 bits per heavy atom. The molecule has 0 aromatic heterocycles. The topological polar surface area (TPSA) is 37.4 Å². The smallest absolute Gasteiger partial charge is 0.274 e. The molecule has 0 saturated carbocycles. The summed E-state index contributed by atoms with van der Waals surface area (Å²) in [6.07, 6.45) is -5.22. The van der Waals surface area contributed by atoms with Gasteiger partial charge in [-0.25, -0.2) is 0 Å². The van der Waals surface area contributed by atoms with Gasteiger partial charge in [-0.3, -0.25) is 14.5 Å². The van der Waals surface area contributed by atoms with Crippen LogP contribution in [0.2, 0.25) is 0 Å². The number of rotatable bonds is 4. The summed E-state index contributed by atoms with van der Waals surface area (Å²) < 4.78 is 36.5. The van der Waals surface area contributed by atoms with Gasteiger partial charge < -0.3 is 0 Å². The van der Waals surface area contributed by atoms with Crippen molar-refractivity contribution in [3.63, 3.8) is 0 Å². The van der Waals surface area contributed by atoms with Gasteiger partial charge in [-0.1, -0.05) is 19.1 Å². The standard InChI is InChI=1S/C14H14F3NO2/c1-9(6-7-14(15,16)17)8-18-12(19)10-4-2-3-5-11(10)13(18)20/h2-5,9H,6-8H2,1H3/t9-/m1/s1. The van der Waals surface area contributed by atoms with E-state index in [1.165, 1.54) is 0 Å². The molecule has 0 radical (unpaired) electrons. The zero-order valence-corrected chi connectivity index (χ0v) is 10.9. The molecule has 0 spiro atoms. The number of imide groups is 1. The van der Waals surface area contributed by atoms with Crippen LogP contribution in [0.4, 0.5) is 13.2 Å². The fraction of sp³-hybridized carbons (Fsp3) is 0.429. The Labute approximate surface area is 114 Å². The summed E-state index contributed by atoms with van der Waals surface area (Å²) in [7, 11) is 0. The number of hydrogen-bond acceptors (Lipinski definition) is 2. The molecule has 2 amide bonds. The molecule has 0 bridgehead atoms. The minimum Gasteiger partial charge on any atom is -0.274 e. The Hall–Kier alpha value is -1.85. The van der Waals surface area contributed by atoms with Crippen molar-refractivity contribution in [1.29, 1.82) is 0 Å². The lowest BCUT2D eigenvalue weighted by molar-refractivity contribution is -0.137. The van der Waals surface area contributed by atoms with E-state index in [1.807, 2.05) is 0 Å². The lowest BCUT2D eigenvalue weighted by Gasteiger charge is -2.19. The predicted molar refractivity (Wildman–Crippen MR) is 66.3 cm³/mol. The highest BCUT2D eigenvalue weighted by atomic mass is 19.4. The molecule has 1 aromatic carbocycles. The Balaban J connectivity index is 2.02. The van der Waals surface area contributed by atoms with E-state index in [-0.39, 0.29) is 18.9 Å². The number of amides is 2. The Morgan fingerprint density at radius 1 is 1.10 bits per heavy atom. The second-order valence-electron chi connectivity index (χ2n) is 5.03. The van der Waals surface area contributed by atoms with Crippen molar-refractivity contribution in [1.82, 2.24) is 4.90 Å². The maximum atomic E-state index is 12.2. The monoisotopic (exact) mass is 285 g/mol. The van der Waals surface area contributed by atoms with E-state index in [4.69, 9.17) is 0 Å². The van der Waals surface area contributed by atoms with Crippen LogP contribution in [-0.2, 0) is 0 Å². The number of hydrogen-bond donors (Lipinski definition) is 0. The summed E-state index contributed by atoms with van der Waals surface area (Å²) in [5.41, 5.74) is 0.640. The Kier molecular flexibility index (Phi) is 3.83. The van der Waals surface area contributed by atoms with E-state index >= 15 is 0 Å². The van der Waals surface area contributed by atoms with Gasteiger partial charge in [0.25, 0.3) is 11.8 Å². The minimum absolute atomic E-state index is 0.0163. The molecule has 3 nitrogen and oxygen atoms in total. The van der Waals surface area contributed by atoms with Crippen molar-refractivity contribution in [2.45, 2.75) is 25.9 Å². The number of nitrogens with zero attached hydrogens (tertiary/aromatic N) is 1. The molecule has 6 heteroatoms. The molecule has 0 saturated heterocycles. The van der Waals surface area contributed by atoms with E-state index in [0.717, 1.165) is 4.90 Å². The van der Waals surface area contributed by atoms with E-state index in [2.05, 4.69) is 0 Å². The largest absolute Gasteiger partial charge is 0.389 e. The van der Waals surface area contributed by atoms with Crippen LogP contribution >= 0.6 is 0 Å². The highest BCUT2D eigenvalue weighted by molar-refractivity contribution is 6.21. The van der Waals surface area contributed by atoms with Crippen molar-refractivity contribution in [2.75, 3.05) is 6.54 Å². The first-order valence-electron chi connectivity index (χ1n) is 6.31. The van der Waals surface area contributed by atoms with Crippen molar-refractivity contribution >= 4 is 11.8 Å². The average Bonchev–Trinajstić information content (AvgIpc) is 2.62. The Morgan fingerprint density at radius 2 is 1.60 bits per heavy atom. The fourth-order valence-corrected chi connectivity index (χ4v) is 2.22. The van der Waals surface area contributed by atoms with Crippen molar-refractivity contribution in [3.8, 4) is 0 Å². The van der Waals surface area contributed by atoms with Crippen molar-refractivity contribution < 1.29 is 22.8 Å². The second kappa shape index (κ2) is 5.26. The molecular weight excluding hydrogens is 271 g/mol. The van der Waals surface area contributed by atoms with Crippen molar-refractivity contribution in [3.05, 3.63) is 35.4 Å². The van der Waals surface area contributed by atoms with Crippen molar-refractivity contribution in [2.24, 2.45) is 5.92 Å². The highest BCUT2D eigenvalue weighted by Gasteiger charge is 2.36. The summed E-state index contributed by atoms with van der Waals surface area (Å²) in [6, 6.07) is 6.41. The van der Waals surface area contributed by atoms with E-state index in [0.29, 0.717) is 11.1 Å². The van der Waals surface area contributed by atoms with Crippen LogP contribution in [0.3, 0.4) is 0 Å². The number of alkyl halides is 3. The van der Waals surface area contributed by atoms with Gasteiger partial charge >= 0.3 is 6.18 Å². The quantitative estimate of drug-likeness (QED) is 0.796.